The van der Waals surface area contributed by atoms with Gasteiger partial charge < -0.3 is 9.84 Å². The monoisotopic (exact) mass is 262 g/mol. The second kappa shape index (κ2) is 6.09. The molecule has 1 aliphatic rings. The lowest BCUT2D eigenvalue weighted by molar-refractivity contribution is 0.0694. The minimum Gasteiger partial charge on any atom is -0.490 e. The number of hydrogen-bond donors (Lipinski definition) is 1. The zero-order chi connectivity index (χ0) is 13.8. The van der Waals surface area contributed by atoms with Gasteiger partial charge in [-0.15, -0.1) is 0 Å². The summed E-state index contributed by atoms with van der Waals surface area (Å²) in [6, 6.07) is 5.25. The van der Waals surface area contributed by atoms with Gasteiger partial charge in [0.1, 0.15) is 5.75 Å². The number of hydrogen-bond acceptors (Lipinski definition) is 2. The van der Waals surface area contributed by atoms with Crippen LogP contribution in [0.4, 0.5) is 0 Å². The molecule has 0 aliphatic heterocycles. The number of benzene rings is 1. The van der Waals surface area contributed by atoms with E-state index in [0.717, 1.165) is 30.1 Å². The van der Waals surface area contributed by atoms with Crippen LogP contribution in [-0.4, -0.2) is 17.2 Å². The number of carboxylic acids is 1. The maximum absolute atomic E-state index is 11.1. The van der Waals surface area contributed by atoms with Crippen molar-refractivity contribution in [1.82, 2.24) is 0 Å². The predicted molar refractivity (Wildman–Crippen MR) is 74.8 cm³/mol. The summed E-state index contributed by atoms with van der Waals surface area (Å²) >= 11 is 0. The lowest BCUT2D eigenvalue weighted by atomic mass is 9.85. The van der Waals surface area contributed by atoms with E-state index >= 15 is 0 Å². The minimum atomic E-state index is -0.891. The van der Waals surface area contributed by atoms with E-state index in [0.29, 0.717) is 5.56 Å². The molecule has 19 heavy (non-hydrogen) atoms. The Bertz CT molecular complexity index is 453. The van der Waals surface area contributed by atoms with E-state index in [2.05, 4.69) is 6.92 Å². The Morgan fingerprint density at radius 3 is 2.89 bits per heavy atom. The molecule has 3 nitrogen and oxygen atoms in total. The van der Waals surface area contributed by atoms with Crippen LogP contribution in [-0.2, 0) is 0 Å². The Hall–Kier alpha value is -1.51. The fourth-order valence-corrected chi connectivity index (χ4v) is 2.87. The van der Waals surface area contributed by atoms with E-state index < -0.39 is 5.97 Å². The highest BCUT2D eigenvalue weighted by atomic mass is 16.5. The van der Waals surface area contributed by atoms with Crippen LogP contribution < -0.4 is 4.74 Å². The summed E-state index contributed by atoms with van der Waals surface area (Å²) in [5, 5.41) is 9.12. The first-order chi connectivity index (χ1) is 9.11. The third-order valence-corrected chi connectivity index (χ3v) is 4.12. The fourth-order valence-electron chi connectivity index (χ4n) is 2.87. The molecule has 1 N–H and O–H groups in total. The van der Waals surface area contributed by atoms with Crippen molar-refractivity contribution in [1.29, 1.82) is 0 Å². The van der Waals surface area contributed by atoms with Crippen LogP contribution in [0.15, 0.2) is 18.2 Å². The van der Waals surface area contributed by atoms with Crippen molar-refractivity contribution < 1.29 is 14.6 Å². The summed E-state index contributed by atoms with van der Waals surface area (Å²) in [5.74, 6) is 0.585. The van der Waals surface area contributed by atoms with Crippen LogP contribution in [0.3, 0.4) is 0 Å². The van der Waals surface area contributed by atoms with Crippen LogP contribution in [0.5, 0.6) is 5.75 Å². The van der Waals surface area contributed by atoms with Gasteiger partial charge in [-0.2, -0.15) is 0 Å². The Morgan fingerprint density at radius 1 is 1.42 bits per heavy atom. The molecular formula is C16H22O3. The first kappa shape index (κ1) is 13.9. The van der Waals surface area contributed by atoms with Gasteiger partial charge in [-0.1, -0.05) is 25.8 Å². The van der Waals surface area contributed by atoms with Gasteiger partial charge in [0, 0.05) is 5.56 Å². The first-order valence-corrected chi connectivity index (χ1v) is 7.11. The zero-order valence-corrected chi connectivity index (χ0v) is 11.7. The SMILES string of the molecule is CCC1CCCC(Oc2cccc(C(=O)O)c2C)C1. The normalized spacial score (nSPS) is 23.1. The lowest BCUT2D eigenvalue weighted by Gasteiger charge is -2.29. The number of rotatable bonds is 4. The van der Waals surface area contributed by atoms with E-state index in [4.69, 9.17) is 9.84 Å². The van der Waals surface area contributed by atoms with Crippen molar-refractivity contribution in [3.63, 3.8) is 0 Å². The Labute approximate surface area is 114 Å². The zero-order valence-electron chi connectivity index (χ0n) is 11.7. The van der Waals surface area contributed by atoms with Crippen molar-refractivity contribution >= 4 is 5.97 Å². The average molecular weight is 262 g/mol. The molecule has 0 spiro atoms. The summed E-state index contributed by atoms with van der Waals surface area (Å²) in [7, 11) is 0. The molecular weight excluding hydrogens is 240 g/mol. The van der Waals surface area contributed by atoms with Crippen LogP contribution in [0.25, 0.3) is 0 Å². The highest BCUT2D eigenvalue weighted by molar-refractivity contribution is 5.90. The molecule has 0 amide bonds. The molecule has 0 radical (unpaired) electrons. The molecule has 1 aliphatic carbocycles. The molecule has 0 bridgehead atoms. The maximum Gasteiger partial charge on any atom is 0.336 e. The molecule has 0 saturated heterocycles. The van der Waals surface area contributed by atoms with Crippen molar-refractivity contribution in [2.45, 2.75) is 52.1 Å². The van der Waals surface area contributed by atoms with Crippen LogP contribution in [0.1, 0.15) is 54.9 Å². The Balaban J connectivity index is 2.10. The quantitative estimate of drug-likeness (QED) is 0.890. The Kier molecular flexibility index (Phi) is 4.46. The van der Waals surface area contributed by atoms with Gasteiger partial charge in [-0.25, -0.2) is 4.79 Å². The van der Waals surface area contributed by atoms with Crippen LogP contribution in [0, 0.1) is 12.8 Å². The number of aromatic carboxylic acids is 1. The predicted octanol–water partition coefficient (Wildman–Crippen LogP) is 4.04. The molecule has 0 aromatic heterocycles. The van der Waals surface area contributed by atoms with E-state index in [-0.39, 0.29) is 6.10 Å². The molecule has 2 unspecified atom stereocenters. The summed E-state index contributed by atoms with van der Waals surface area (Å²) in [6.45, 7) is 4.04. The third-order valence-electron chi connectivity index (χ3n) is 4.12. The fraction of sp³-hybridized carbons (Fsp3) is 0.562. The van der Waals surface area contributed by atoms with Crippen molar-refractivity contribution in [2.24, 2.45) is 5.92 Å². The van der Waals surface area contributed by atoms with E-state index in [1.54, 1.807) is 12.1 Å². The van der Waals surface area contributed by atoms with Gasteiger partial charge >= 0.3 is 5.97 Å². The highest BCUT2D eigenvalue weighted by Gasteiger charge is 2.23. The van der Waals surface area contributed by atoms with Gasteiger partial charge in [0.25, 0.3) is 0 Å². The molecule has 2 atom stereocenters. The molecule has 3 heteroatoms. The largest absolute Gasteiger partial charge is 0.490 e. The van der Waals surface area contributed by atoms with Gasteiger partial charge in [-0.05, 0) is 44.2 Å². The Morgan fingerprint density at radius 2 is 2.21 bits per heavy atom. The van der Waals surface area contributed by atoms with Gasteiger partial charge in [0.05, 0.1) is 11.7 Å². The van der Waals surface area contributed by atoms with Crippen LogP contribution >= 0.6 is 0 Å². The summed E-state index contributed by atoms with van der Waals surface area (Å²) in [4.78, 5) is 11.1. The molecule has 1 saturated carbocycles. The second-order valence-electron chi connectivity index (χ2n) is 5.41. The van der Waals surface area contributed by atoms with Crippen molar-refractivity contribution in [3.8, 4) is 5.75 Å². The number of ether oxygens (including phenoxy) is 1. The van der Waals surface area contributed by atoms with E-state index in [1.807, 2.05) is 13.0 Å². The third kappa shape index (κ3) is 3.28. The van der Waals surface area contributed by atoms with Crippen molar-refractivity contribution in [3.05, 3.63) is 29.3 Å². The summed E-state index contributed by atoms with van der Waals surface area (Å²) in [5.41, 5.74) is 1.06. The number of carboxylic acid groups (broad SMARTS) is 1. The van der Waals surface area contributed by atoms with Gasteiger partial charge in [0.2, 0.25) is 0 Å². The topological polar surface area (TPSA) is 46.5 Å². The number of carbonyl (C=O) groups is 1. The maximum atomic E-state index is 11.1. The smallest absolute Gasteiger partial charge is 0.336 e. The van der Waals surface area contributed by atoms with E-state index in [9.17, 15) is 4.79 Å². The molecule has 104 valence electrons. The van der Waals surface area contributed by atoms with Gasteiger partial charge in [-0.3, -0.25) is 0 Å². The first-order valence-electron chi connectivity index (χ1n) is 7.11. The van der Waals surface area contributed by atoms with Crippen LogP contribution in [0.2, 0.25) is 0 Å². The van der Waals surface area contributed by atoms with Gasteiger partial charge in [0.15, 0.2) is 0 Å². The molecule has 1 aromatic rings. The highest BCUT2D eigenvalue weighted by Crippen LogP contribution is 2.31. The average Bonchev–Trinajstić information content (AvgIpc) is 2.41. The standard InChI is InChI=1S/C16H22O3/c1-3-12-6-4-7-13(10-12)19-15-9-5-8-14(11(15)2)16(17)18/h5,8-9,12-13H,3-4,6-7,10H2,1-2H3,(H,17,18). The summed E-state index contributed by atoms with van der Waals surface area (Å²) in [6.07, 6.45) is 6.11. The molecule has 2 rings (SSSR count). The second-order valence-corrected chi connectivity index (χ2v) is 5.41. The van der Waals surface area contributed by atoms with E-state index in [1.165, 1.54) is 19.3 Å². The molecule has 1 aromatic carbocycles. The van der Waals surface area contributed by atoms with Crippen molar-refractivity contribution in [2.75, 3.05) is 0 Å². The summed E-state index contributed by atoms with van der Waals surface area (Å²) < 4.78 is 6.05. The lowest BCUT2D eigenvalue weighted by Crippen LogP contribution is -2.25. The molecule has 0 heterocycles. The minimum absolute atomic E-state index is 0.237. The molecule has 1 fully saturated rings.